The standard InChI is InChI=1S/C15H22N2O3/c1-10-5-11(2)7-12(6-10)14(18)8-16-15(19)17-13-3-4-20-9-13/h5-7,13-14,18H,3-4,8-9H2,1-2H3,(H2,16,17,19)/t13-,14+/m1/s1. The highest BCUT2D eigenvalue weighted by Gasteiger charge is 2.18. The fraction of sp³-hybridized carbons (Fsp3) is 0.533. The molecular formula is C15H22N2O3. The molecule has 1 saturated heterocycles. The topological polar surface area (TPSA) is 70.6 Å². The maximum Gasteiger partial charge on any atom is 0.315 e. The fourth-order valence-corrected chi connectivity index (χ4v) is 2.39. The molecule has 0 aromatic heterocycles. The van der Waals surface area contributed by atoms with Gasteiger partial charge in [-0.15, -0.1) is 0 Å². The first-order valence-electron chi connectivity index (χ1n) is 6.93. The highest BCUT2D eigenvalue weighted by molar-refractivity contribution is 5.74. The molecule has 0 spiro atoms. The Bertz CT molecular complexity index is 450. The van der Waals surface area contributed by atoms with E-state index in [1.807, 2.05) is 26.0 Å². The molecule has 0 aliphatic carbocycles. The lowest BCUT2D eigenvalue weighted by atomic mass is 10.0. The van der Waals surface area contributed by atoms with Crippen LogP contribution in [-0.4, -0.2) is 36.9 Å². The van der Waals surface area contributed by atoms with E-state index in [2.05, 4.69) is 16.7 Å². The smallest absolute Gasteiger partial charge is 0.315 e. The van der Waals surface area contributed by atoms with E-state index in [4.69, 9.17) is 4.74 Å². The number of hydrogen-bond donors (Lipinski definition) is 3. The van der Waals surface area contributed by atoms with Gasteiger partial charge in [-0.3, -0.25) is 0 Å². The van der Waals surface area contributed by atoms with E-state index in [0.717, 1.165) is 23.1 Å². The number of aliphatic hydroxyl groups excluding tert-OH is 1. The minimum absolute atomic E-state index is 0.0772. The van der Waals surface area contributed by atoms with Crippen molar-refractivity contribution in [3.8, 4) is 0 Å². The van der Waals surface area contributed by atoms with Crippen molar-refractivity contribution in [1.82, 2.24) is 10.6 Å². The summed E-state index contributed by atoms with van der Waals surface area (Å²) in [5.41, 5.74) is 3.03. The van der Waals surface area contributed by atoms with Gasteiger partial charge in [0.15, 0.2) is 0 Å². The van der Waals surface area contributed by atoms with E-state index in [0.29, 0.717) is 13.2 Å². The minimum atomic E-state index is -0.695. The van der Waals surface area contributed by atoms with E-state index < -0.39 is 6.10 Å². The van der Waals surface area contributed by atoms with Crippen molar-refractivity contribution in [2.75, 3.05) is 19.8 Å². The van der Waals surface area contributed by atoms with Gasteiger partial charge in [-0.2, -0.15) is 0 Å². The van der Waals surface area contributed by atoms with Crippen LogP contribution in [0.2, 0.25) is 0 Å². The molecule has 110 valence electrons. The third kappa shape index (κ3) is 4.21. The molecule has 1 aromatic rings. The molecule has 0 bridgehead atoms. The summed E-state index contributed by atoms with van der Waals surface area (Å²) in [5, 5.41) is 15.6. The lowest BCUT2D eigenvalue weighted by Gasteiger charge is -2.16. The normalized spacial score (nSPS) is 19.6. The van der Waals surface area contributed by atoms with Crippen LogP contribution < -0.4 is 10.6 Å². The summed E-state index contributed by atoms with van der Waals surface area (Å²) in [7, 11) is 0. The molecule has 0 saturated carbocycles. The number of benzene rings is 1. The van der Waals surface area contributed by atoms with Crippen LogP contribution in [-0.2, 0) is 4.74 Å². The zero-order valence-electron chi connectivity index (χ0n) is 12.0. The van der Waals surface area contributed by atoms with Crippen LogP contribution in [0.15, 0.2) is 18.2 Å². The predicted molar refractivity (Wildman–Crippen MR) is 76.6 cm³/mol. The second-order valence-corrected chi connectivity index (χ2v) is 5.35. The van der Waals surface area contributed by atoms with Gasteiger partial charge in [-0.05, 0) is 25.8 Å². The van der Waals surface area contributed by atoms with Crippen molar-refractivity contribution in [2.45, 2.75) is 32.4 Å². The van der Waals surface area contributed by atoms with Crippen molar-refractivity contribution in [1.29, 1.82) is 0 Å². The van der Waals surface area contributed by atoms with Gasteiger partial charge in [0, 0.05) is 13.2 Å². The Balaban J connectivity index is 1.81. The number of rotatable bonds is 4. The molecule has 1 fully saturated rings. The van der Waals surface area contributed by atoms with Crippen molar-refractivity contribution in [3.63, 3.8) is 0 Å². The summed E-state index contributed by atoms with van der Waals surface area (Å²) in [6, 6.07) is 5.73. The predicted octanol–water partition coefficient (Wildman–Crippen LogP) is 1.42. The van der Waals surface area contributed by atoms with Crippen LogP contribution in [0.3, 0.4) is 0 Å². The first kappa shape index (κ1) is 14.8. The number of urea groups is 1. The van der Waals surface area contributed by atoms with E-state index >= 15 is 0 Å². The highest BCUT2D eigenvalue weighted by Crippen LogP contribution is 2.16. The summed E-state index contributed by atoms with van der Waals surface area (Å²) >= 11 is 0. The van der Waals surface area contributed by atoms with Crippen molar-refractivity contribution < 1.29 is 14.6 Å². The van der Waals surface area contributed by atoms with E-state index in [9.17, 15) is 9.90 Å². The Hall–Kier alpha value is -1.59. The number of nitrogens with one attached hydrogen (secondary N) is 2. The zero-order valence-corrected chi connectivity index (χ0v) is 12.0. The third-order valence-corrected chi connectivity index (χ3v) is 3.35. The average molecular weight is 278 g/mol. The molecule has 1 heterocycles. The van der Waals surface area contributed by atoms with Crippen molar-refractivity contribution >= 4 is 6.03 Å². The molecule has 2 rings (SSSR count). The van der Waals surface area contributed by atoms with E-state index in [-0.39, 0.29) is 18.6 Å². The molecule has 3 N–H and O–H groups in total. The molecule has 5 nitrogen and oxygen atoms in total. The molecule has 2 amide bonds. The van der Waals surface area contributed by atoms with Crippen LogP contribution in [0, 0.1) is 13.8 Å². The van der Waals surface area contributed by atoms with Crippen molar-refractivity contribution in [2.24, 2.45) is 0 Å². The van der Waals surface area contributed by atoms with Crippen LogP contribution in [0.1, 0.15) is 29.2 Å². The molecule has 2 atom stereocenters. The molecule has 1 aliphatic heterocycles. The van der Waals surface area contributed by atoms with E-state index in [1.54, 1.807) is 0 Å². The monoisotopic (exact) mass is 278 g/mol. The summed E-state index contributed by atoms with van der Waals surface area (Å²) in [6.07, 6.45) is 0.145. The summed E-state index contributed by atoms with van der Waals surface area (Å²) in [5.74, 6) is 0. The Labute approximate surface area is 119 Å². The van der Waals surface area contributed by atoms with Crippen LogP contribution in [0.5, 0.6) is 0 Å². The number of aliphatic hydroxyl groups is 1. The number of carbonyl (C=O) groups is 1. The molecule has 0 unspecified atom stereocenters. The molecule has 1 aliphatic rings. The molecule has 20 heavy (non-hydrogen) atoms. The maximum atomic E-state index is 11.7. The van der Waals surface area contributed by atoms with Gasteiger partial charge in [0.2, 0.25) is 0 Å². The van der Waals surface area contributed by atoms with Crippen molar-refractivity contribution in [3.05, 3.63) is 34.9 Å². The van der Waals surface area contributed by atoms with Gasteiger partial charge in [0.05, 0.1) is 18.8 Å². The Kier molecular flexibility index (Phi) is 4.98. The molecule has 1 aromatic carbocycles. The largest absolute Gasteiger partial charge is 0.387 e. The quantitative estimate of drug-likeness (QED) is 0.780. The number of ether oxygens (including phenoxy) is 1. The fourth-order valence-electron chi connectivity index (χ4n) is 2.39. The summed E-state index contributed by atoms with van der Waals surface area (Å²) < 4.78 is 5.19. The van der Waals surface area contributed by atoms with Gasteiger partial charge < -0.3 is 20.5 Å². The van der Waals surface area contributed by atoms with Crippen LogP contribution in [0.25, 0.3) is 0 Å². The minimum Gasteiger partial charge on any atom is -0.387 e. The number of hydrogen-bond acceptors (Lipinski definition) is 3. The number of aryl methyl sites for hydroxylation is 2. The van der Waals surface area contributed by atoms with Gasteiger partial charge >= 0.3 is 6.03 Å². The van der Waals surface area contributed by atoms with Gasteiger partial charge in [0.25, 0.3) is 0 Å². The van der Waals surface area contributed by atoms with Gasteiger partial charge in [0.1, 0.15) is 0 Å². The Morgan fingerprint density at radius 2 is 2.10 bits per heavy atom. The first-order chi connectivity index (χ1) is 9.54. The Morgan fingerprint density at radius 3 is 2.70 bits per heavy atom. The molecule has 5 heteroatoms. The van der Waals surface area contributed by atoms with Gasteiger partial charge in [-0.1, -0.05) is 29.3 Å². The second-order valence-electron chi connectivity index (χ2n) is 5.35. The first-order valence-corrected chi connectivity index (χ1v) is 6.93. The molecular weight excluding hydrogens is 256 g/mol. The lowest BCUT2D eigenvalue weighted by molar-refractivity contribution is 0.170. The van der Waals surface area contributed by atoms with Crippen LogP contribution >= 0.6 is 0 Å². The zero-order chi connectivity index (χ0) is 14.5. The lowest BCUT2D eigenvalue weighted by Crippen LogP contribution is -2.43. The average Bonchev–Trinajstić information content (AvgIpc) is 2.87. The summed E-state index contributed by atoms with van der Waals surface area (Å²) in [4.78, 5) is 11.7. The van der Waals surface area contributed by atoms with E-state index in [1.165, 1.54) is 0 Å². The third-order valence-electron chi connectivity index (χ3n) is 3.35. The highest BCUT2D eigenvalue weighted by atomic mass is 16.5. The van der Waals surface area contributed by atoms with Crippen LogP contribution in [0.4, 0.5) is 4.79 Å². The second kappa shape index (κ2) is 6.72. The maximum absolute atomic E-state index is 11.7. The Morgan fingerprint density at radius 1 is 1.40 bits per heavy atom. The number of carbonyl (C=O) groups excluding carboxylic acids is 1. The number of amides is 2. The van der Waals surface area contributed by atoms with Gasteiger partial charge in [-0.25, -0.2) is 4.79 Å². The summed E-state index contributed by atoms with van der Waals surface area (Å²) in [6.45, 7) is 5.43. The molecule has 0 radical (unpaired) electrons. The SMILES string of the molecule is Cc1cc(C)cc([C@@H](O)CNC(=O)N[C@@H]2CCOC2)c1.